The van der Waals surface area contributed by atoms with Crippen LogP contribution in [0.4, 0.5) is 11.4 Å². The van der Waals surface area contributed by atoms with Gasteiger partial charge in [-0.3, -0.25) is 9.52 Å². The highest BCUT2D eigenvalue weighted by atomic mass is 35.5. The second kappa shape index (κ2) is 8.90. The van der Waals surface area contributed by atoms with Crippen molar-refractivity contribution in [3.63, 3.8) is 0 Å². The molecule has 0 spiro atoms. The number of halogens is 1. The Labute approximate surface area is 182 Å². The highest BCUT2D eigenvalue weighted by Gasteiger charge is 2.21. The van der Waals surface area contributed by atoms with Crippen molar-refractivity contribution in [1.82, 2.24) is 0 Å². The third-order valence-corrected chi connectivity index (χ3v) is 6.55. The van der Waals surface area contributed by atoms with Crippen LogP contribution in [0, 0.1) is 6.92 Å². The first-order chi connectivity index (χ1) is 14.2. The molecule has 2 N–H and O–H groups in total. The van der Waals surface area contributed by atoms with Gasteiger partial charge in [-0.05, 0) is 54.3 Å². The summed E-state index contributed by atoms with van der Waals surface area (Å²) >= 11 is 6.17. The Bertz CT molecular complexity index is 1190. The fraction of sp³-hybridized carbons (Fsp3) is 0.174. The Balaban J connectivity index is 1.92. The van der Waals surface area contributed by atoms with Crippen molar-refractivity contribution in [3.05, 3.63) is 88.4 Å². The van der Waals surface area contributed by atoms with Crippen molar-refractivity contribution >= 4 is 38.9 Å². The van der Waals surface area contributed by atoms with Crippen LogP contribution in [-0.2, 0) is 10.0 Å². The average molecular weight is 443 g/mol. The molecule has 0 atom stereocenters. The minimum absolute atomic E-state index is 0.0372. The van der Waals surface area contributed by atoms with Crippen LogP contribution >= 0.6 is 11.6 Å². The van der Waals surface area contributed by atoms with Crippen LogP contribution in [0.15, 0.2) is 71.6 Å². The molecule has 3 rings (SSSR count). The van der Waals surface area contributed by atoms with Crippen LogP contribution in [-0.4, -0.2) is 14.3 Å². The van der Waals surface area contributed by atoms with Gasteiger partial charge < -0.3 is 5.32 Å². The summed E-state index contributed by atoms with van der Waals surface area (Å²) in [5, 5.41) is 2.91. The highest BCUT2D eigenvalue weighted by Crippen LogP contribution is 2.28. The minimum atomic E-state index is -3.98. The lowest BCUT2D eigenvalue weighted by molar-refractivity contribution is 0.102. The first-order valence-electron chi connectivity index (χ1n) is 9.47. The summed E-state index contributed by atoms with van der Waals surface area (Å²) in [6.45, 7) is 5.87. The van der Waals surface area contributed by atoms with Gasteiger partial charge in [0.2, 0.25) is 0 Å². The van der Waals surface area contributed by atoms with E-state index in [1.807, 2.05) is 44.2 Å². The van der Waals surface area contributed by atoms with E-state index in [0.717, 1.165) is 11.1 Å². The molecule has 5 nitrogen and oxygen atoms in total. The van der Waals surface area contributed by atoms with Gasteiger partial charge in [0, 0.05) is 11.3 Å². The van der Waals surface area contributed by atoms with Gasteiger partial charge in [0.15, 0.2) is 0 Å². The number of amides is 1. The molecule has 0 saturated carbocycles. The van der Waals surface area contributed by atoms with Crippen LogP contribution in [0.5, 0.6) is 0 Å². The Morgan fingerprint density at radius 1 is 0.933 bits per heavy atom. The Hall–Kier alpha value is -2.83. The monoisotopic (exact) mass is 442 g/mol. The zero-order valence-corrected chi connectivity index (χ0v) is 18.5. The van der Waals surface area contributed by atoms with Crippen LogP contribution in [0.2, 0.25) is 5.02 Å². The molecule has 156 valence electrons. The average Bonchev–Trinajstić information content (AvgIpc) is 2.70. The van der Waals surface area contributed by atoms with Crippen LogP contribution in [0.25, 0.3) is 0 Å². The Morgan fingerprint density at radius 3 is 2.23 bits per heavy atom. The number of rotatable bonds is 6. The fourth-order valence-electron chi connectivity index (χ4n) is 3.05. The summed E-state index contributed by atoms with van der Waals surface area (Å²) in [7, 11) is -3.98. The maximum atomic E-state index is 12.9. The highest BCUT2D eigenvalue weighted by molar-refractivity contribution is 7.92. The Kier molecular flexibility index (Phi) is 6.48. The number of benzene rings is 3. The topological polar surface area (TPSA) is 75.3 Å². The van der Waals surface area contributed by atoms with E-state index in [9.17, 15) is 13.2 Å². The third kappa shape index (κ3) is 4.83. The zero-order chi connectivity index (χ0) is 21.9. The first kappa shape index (κ1) is 21.9. The molecule has 3 aromatic rings. The number of carbonyl (C=O) groups excluding carboxylic acids is 1. The van der Waals surface area contributed by atoms with E-state index in [-0.39, 0.29) is 21.4 Å². The molecule has 0 unspecified atom stereocenters. The Morgan fingerprint density at radius 2 is 1.57 bits per heavy atom. The molecule has 7 heteroatoms. The first-order valence-corrected chi connectivity index (χ1v) is 11.3. The number of para-hydroxylation sites is 2. The number of aryl methyl sites for hydroxylation is 1. The predicted molar refractivity (Wildman–Crippen MR) is 122 cm³/mol. The maximum absolute atomic E-state index is 12.9. The molecule has 0 saturated heterocycles. The molecule has 1 amide bonds. The van der Waals surface area contributed by atoms with Crippen molar-refractivity contribution in [1.29, 1.82) is 0 Å². The minimum Gasteiger partial charge on any atom is -0.322 e. The van der Waals surface area contributed by atoms with E-state index in [2.05, 4.69) is 10.0 Å². The van der Waals surface area contributed by atoms with Crippen LogP contribution in [0.3, 0.4) is 0 Å². The van der Waals surface area contributed by atoms with E-state index in [4.69, 9.17) is 11.6 Å². The molecule has 3 aromatic carbocycles. The lowest BCUT2D eigenvalue weighted by atomic mass is 10.0. The summed E-state index contributed by atoms with van der Waals surface area (Å²) in [5.74, 6) is -0.187. The number of carbonyl (C=O) groups is 1. The van der Waals surface area contributed by atoms with Gasteiger partial charge in [-0.15, -0.1) is 0 Å². The molecule has 0 aliphatic heterocycles. The number of hydrogen-bond acceptors (Lipinski definition) is 3. The molecule has 0 radical (unpaired) electrons. The summed E-state index contributed by atoms with van der Waals surface area (Å²) in [6.07, 6.45) is 0. The van der Waals surface area contributed by atoms with E-state index >= 15 is 0 Å². The normalized spacial score (nSPS) is 11.4. The van der Waals surface area contributed by atoms with Gasteiger partial charge in [-0.1, -0.05) is 61.8 Å². The van der Waals surface area contributed by atoms with Crippen molar-refractivity contribution in [2.24, 2.45) is 0 Å². The molecule has 0 aliphatic rings. The van der Waals surface area contributed by atoms with E-state index < -0.39 is 15.9 Å². The van der Waals surface area contributed by atoms with Gasteiger partial charge >= 0.3 is 0 Å². The lowest BCUT2D eigenvalue weighted by Gasteiger charge is -2.15. The second-order valence-corrected chi connectivity index (χ2v) is 9.32. The van der Waals surface area contributed by atoms with E-state index in [1.54, 1.807) is 25.1 Å². The molecule has 0 heterocycles. The standard InChI is InChI=1S/C23H23ClN2O3S/c1-15(2)18-9-5-7-11-21(18)25-23(27)17-12-13-19(24)22(14-17)30(28,29)26-20-10-6-4-8-16(20)3/h4-15,26H,1-3H3,(H,25,27). The molecular weight excluding hydrogens is 420 g/mol. The largest absolute Gasteiger partial charge is 0.322 e. The molecule has 0 bridgehead atoms. The lowest BCUT2D eigenvalue weighted by Crippen LogP contribution is -2.17. The van der Waals surface area contributed by atoms with Gasteiger partial charge in [-0.2, -0.15) is 0 Å². The molecule has 0 aromatic heterocycles. The van der Waals surface area contributed by atoms with Crippen LogP contribution in [0.1, 0.15) is 41.3 Å². The second-order valence-electron chi connectivity index (χ2n) is 7.26. The van der Waals surface area contributed by atoms with Gasteiger partial charge in [0.1, 0.15) is 4.90 Å². The summed E-state index contributed by atoms with van der Waals surface area (Å²) in [4.78, 5) is 12.7. The SMILES string of the molecule is Cc1ccccc1NS(=O)(=O)c1cc(C(=O)Nc2ccccc2C(C)C)ccc1Cl. The quantitative estimate of drug-likeness (QED) is 0.504. The molecule has 0 fully saturated rings. The smallest absolute Gasteiger partial charge is 0.263 e. The van der Waals surface area contributed by atoms with Crippen molar-refractivity contribution in [2.75, 3.05) is 10.0 Å². The van der Waals surface area contributed by atoms with Gasteiger partial charge in [-0.25, -0.2) is 8.42 Å². The van der Waals surface area contributed by atoms with Crippen LogP contribution < -0.4 is 10.0 Å². The number of nitrogens with one attached hydrogen (secondary N) is 2. The van der Waals surface area contributed by atoms with Crippen molar-refractivity contribution in [2.45, 2.75) is 31.6 Å². The zero-order valence-electron chi connectivity index (χ0n) is 16.9. The molecular formula is C23H23ClN2O3S. The van der Waals surface area contributed by atoms with Gasteiger partial charge in [0.05, 0.1) is 10.7 Å². The van der Waals surface area contributed by atoms with E-state index in [0.29, 0.717) is 11.4 Å². The molecule has 30 heavy (non-hydrogen) atoms. The van der Waals surface area contributed by atoms with E-state index in [1.165, 1.54) is 18.2 Å². The summed E-state index contributed by atoms with van der Waals surface area (Å²) < 4.78 is 28.4. The van der Waals surface area contributed by atoms with Crippen molar-refractivity contribution < 1.29 is 13.2 Å². The predicted octanol–water partition coefficient (Wildman–Crippen LogP) is 5.82. The number of hydrogen-bond donors (Lipinski definition) is 2. The summed E-state index contributed by atoms with van der Waals surface area (Å²) in [6, 6.07) is 18.7. The summed E-state index contributed by atoms with van der Waals surface area (Å²) in [5.41, 5.74) is 3.11. The third-order valence-electron chi connectivity index (χ3n) is 4.70. The van der Waals surface area contributed by atoms with Crippen molar-refractivity contribution in [3.8, 4) is 0 Å². The fourth-order valence-corrected chi connectivity index (χ4v) is 4.70. The maximum Gasteiger partial charge on any atom is 0.263 e. The number of sulfonamides is 1. The molecule has 0 aliphatic carbocycles. The van der Waals surface area contributed by atoms with Gasteiger partial charge in [0.25, 0.3) is 15.9 Å². The number of anilines is 2.